The molecule has 0 radical (unpaired) electrons. The number of carbonyl (C=O) groups is 2. The highest BCUT2D eigenvalue weighted by Gasteiger charge is 2.33. The Hall–Kier alpha value is -1.92. The zero-order valence-corrected chi connectivity index (χ0v) is 12.2. The summed E-state index contributed by atoms with van der Waals surface area (Å²) >= 11 is 0. The minimum absolute atomic E-state index is 0.0743. The van der Waals surface area contributed by atoms with Crippen molar-refractivity contribution in [3.05, 3.63) is 35.9 Å². The Balaban J connectivity index is 2.04. The largest absolute Gasteiger partial charge is 0.383 e. The molecule has 0 bridgehead atoms. The minimum atomic E-state index is -0.545. The van der Waals surface area contributed by atoms with E-state index in [0.29, 0.717) is 26.2 Å². The molecule has 1 unspecified atom stereocenters. The van der Waals surface area contributed by atoms with Gasteiger partial charge in [0.05, 0.1) is 13.2 Å². The molecule has 2 amide bonds. The number of ether oxygens (including phenoxy) is 1. The maximum atomic E-state index is 12.3. The smallest absolute Gasteiger partial charge is 0.247 e. The monoisotopic (exact) mass is 291 g/mol. The van der Waals surface area contributed by atoms with Crippen LogP contribution in [-0.2, 0) is 14.3 Å². The molecule has 1 heterocycles. The summed E-state index contributed by atoms with van der Waals surface area (Å²) in [5.74, 6) is -0.201. The number of rotatable bonds is 6. The van der Waals surface area contributed by atoms with Gasteiger partial charge in [0, 0.05) is 26.7 Å². The molecule has 0 aliphatic carbocycles. The van der Waals surface area contributed by atoms with Crippen molar-refractivity contribution in [2.45, 2.75) is 6.04 Å². The summed E-state index contributed by atoms with van der Waals surface area (Å²) in [6.07, 6.45) is 0. The quantitative estimate of drug-likeness (QED) is 0.719. The van der Waals surface area contributed by atoms with E-state index in [1.807, 2.05) is 30.3 Å². The second-order valence-electron chi connectivity index (χ2n) is 4.86. The highest BCUT2D eigenvalue weighted by Crippen LogP contribution is 2.22. The van der Waals surface area contributed by atoms with E-state index in [4.69, 9.17) is 4.74 Å². The standard InChI is InChI=1S/C15H21N3O3/c1-21-10-8-16-11-13(19)18-9-7-17-15(20)14(18)12-5-3-2-4-6-12/h2-6,14,16H,7-11H2,1H3,(H,17,20). The number of nitrogens with zero attached hydrogens (tertiary/aromatic N) is 1. The van der Waals surface area contributed by atoms with Crippen LogP contribution in [0.3, 0.4) is 0 Å². The van der Waals surface area contributed by atoms with Crippen molar-refractivity contribution < 1.29 is 14.3 Å². The van der Waals surface area contributed by atoms with Crippen molar-refractivity contribution in [3.8, 4) is 0 Å². The van der Waals surface area contributed by atoms with Crippen LogP contribution in [-0.4, -0.2) is 56.6 Å². The van der Waals surface area contributed by atoms with Crippen molar-refractivity contribution in [2.75, 3.05) is 39.9 Å². The van der Waals surface area contributed by atoms with Gasteiger partial charge in [0.2, 0.25) is 11.8 Å². The van der Waals surface area contributed by atoms with Crippen LogP contribution in [0.15, 0.2) is 30.3 Å². The first-order valence-electron chi connectivity index (χ1n) is 7.06. The van der Waals surface area contributed by atoms with Crippen molar-refractivity contribution in [1.29, 1.82) is 0 Å². The summed E-state index contributed by atoms with van der Waals surface area (Å²) in [5, 5.41) is 5.84. The van der Waals surface area contributed by atoms with Gasteiger partial charge in [-0.05, 0) is 5.56 Å². The molecule has 2 rings (SSSR count). The molecular formula is C15H21N3O3. The third-order valence-electron chi connectivity index (χ3n) is 3.41. The first kappa shape index (κ1) is 15.5. The first-order chi connectivity index (χ1) is 10.2. The fourth-order valence-corrected chi connectivity index (χ4v) is 2.37. The lowest BCUT2D eigenvalue weighted by Crippen LogP contribution is -2.54. The molecule has 6 nitrogen and oxygen atoms in total. The number of carbonyl (C=O) groups excluding carboxylic acids is 2. The molecule has 0 saturated carbocycles. The predicted octanol–water partition coefficient (Wildman–Crippen LogP) is -0.0779. The van der Waals surface area contributed by atoms with E-state index in [1.54, 1.807) is 12.0 Å². The zero-order chi connectivity index (χ0) is 15.1. The molecule has 1 aliphatic rings. The summed E-state index contributed by atoms with van der Waals surface area (Å²) in [6, 6.07) is 8.83. The minimum Gasteiger partial charge on any atom is -0.383 e. The van der Waals surface area contributed by atoms with E-state index in [0.717, 1.165) is 5.56 Å². The topological polar surface area (TPSA) is 70.7 Å². The second kappa shape index (κ2) is 7.75. The van der Waals surface area contributed by atoms with Gasteiger partial charge >= 0.3 is 0 Å². The maximum absolute atomic E-state index is 12.3. The number of hydrogen-bond donors (Lipinski definition) is 2. The average Bonchev–Trinajstić information content (AvgIpc) is 2.52. The van der Waals surface area contributed by atoms with Gasteiger partial charge in [-0.25, -0.2) is 0 Å². The zero-order valence-electron chi connectivity index (χ0n) is 12.2. The van der Waals surface area contributed by atoms with Gasteiger partial charge in [0.25, 0.3) is 0 Å². The Morgan fingerprint density at radius 3 is 2.90 bits per heavy atom. The van der Waals surface area contributed by atoms with Gasteiger partial charge in [0.1, 0.15) is 6.04 Å². The van der Waals surface area contributed by atoms with E-state index < -0.39 is 6.04 Å². The molecule has 1 aromatic carbocycles. The summed E-state index contributed by atoms with van der Waals surface area (Å²) < 4.78 is 4.93. The molecule has 1 atom stereocenters. The van der Waals surface area contributed by atoms with Crippen LogP contribution in [0.2, 0.25) is 0 Å². The number of piperazine rings is 1. The van der Waals surface area contributed by atoms with Crippen molar-refractivity contribution >= 4 is 11.8 Å². The number of benzene rings is 1. The second-order valence-corrected chi connectivity index (χ2v) is 4.86. The van der Waals surface area contributed by atoms with E-state index in [2.05, 4.69) is 10.6 Å². The van der Waals surface area contributed by atoms with Crippen LogP contribution < -0.4 is 10.6 Å². The molecule has 21 heavy (non-hydrogen) atoms. The van der Waals surface area contributed by atoms with Gasteiger partial charge < -0.3 is 20.3 Å². The van der Waals surface area contributed by atoms with Crippen molar-refractivity contribution in [3.63, 3.8) is 0 Å². The highest BCUT2D eigenvalue weighted by atomic mass is 16.5. The third kappa shape index (κ3) is 4.03. The lowest BCUT2D eigenvalue weighted by atomic mass is 10.0. The van der Waals surface area contributed by atoms with Gasteiger partial charge in [-0.3, -0.25) is 9.59 Å². The fraction of sp³-hybridized carbons (Fsp3) is 0.467. The molecule has 0 spiro atoms. The van der Waals surface area contributed by atoms with Crippen LogP contribution in [0, 0.1) is 0 Å². The Labute approximate surface area is 124 Å². The number of methoxy groups -OCH3 is 1. The Kier molecular flexibility index (Phi) is 5.71. The van der Waals surface area contributed by atoms with E-state index in [9.17, 15) is 9.59 Å². The van der Waals surface area contributed by atoms with E-state index in [1.165, 1.54) is 0 Å². The maximum Gasteiger partial charge on any atom is 0.247 e. The molecule has 2 N–H and O–H groups in total. The highest BCUT2D eigenvalue weighted by molar-refractivity contribution is 5.90. The summed E-state index contributed by atoms with van der Waals surface area (Å²) in [4.78, 5) is 26.1. The summed E-state index contributed by atoms with van der Waals surface area (Å²) in [7, 11) is 1.61. The molecule has 1 aliphatic heterocycles. The van der Waals surface area contributed by atoms with Gasteiger partial charge in [0.15, 0.2) is 0 Å². The Bertz CT molecular complexity index is 478. The summed E-state index contributed by atoms with van der Waals surface area (Å²) in [5.41, 5.74) is 0.833. The molecule has 1 fully saturated rings. The van der Waals surface area contributed by atoms with E-state index in [-0.39, 0.29) is 18.4 Å². The van der Waals surface area contributed by atoms with Crippen molar-refractivity contribution in [2.24, 2.45) is 0 Å². The number of hydrogen-bond acceptors (Lipinski definition) is 4. The number of amides is 2. The first-order valence-corrected chi connectivity index (χ1v) is 7.06. The lowest BCUT2D eigenvalue weighted by Gasteiger charge is -2.35. The van der Waals surface area contributed by atoms with Crippen molar-refractivity contribution in [1.82, 2.24) is 15.5 Å². The van der Waals surface area contributed by atoms with Gasteiger partial charge in [-0.1, -0.05) is 30.3 Å². The average molecular weight is 291 g/mol. The van der Waals surface area contributed by atoms with Crippen LogP contribution in [0.1, 0.15) is 11.6 Å². The predicted molar refractivity (Wildman–Crippen MR) is 78.7 cm³/mol. The SMILES string of the molecule is COCCNCC(=O)N1CCNC(=O)C1c1ccccc1. The van der Waals surface area contributed by atoms with Gasteiger partial charge in [-0.2, -0.15) is 0 Å². The molecule has 0 aromatic heterocycles. The third-order valence-corrected chi connectivity index (χ3v) is 3.41. The van der Waals surface area contributed by atoms with E-state index >= 15 is 0 Å². The van der Waals surface area contributed by atoms with Crippen LogP contribution in [0.4, 0.5) is 0 Å². The number of nitrogens with one attached hydrogen (secondary N) is 2. The Morgan fingerprint density at radius 1 is 1.43 bits per heavy atom. The van der Waals surface area contributed by atoms with Crippen LogP contribution >= 0.6 is 0 Å². The molecule has 114 valence electrons. The lowest BCUT2D eigenvalue weighted by molar-refractivity contribution is -0.142. The van der Waals surface area contributed by atoms with Gasteiger partial charge in [-0.15, -0.1) is 0 Å². The van der Waals surface area contributed by atoms with Crippen LogP contribution in [0.25, 0.3) is 0 Å². The van der Waals surface area contributed by atoms with Crippen LogP contribution in [0.5, 0.6) is 0 Å². The fourth-order valence-electron chi connectivity index (χ4n) is 2.37. The normalized spacial score (nSPS) is 18.4. The molecular weight excluding hydrogens is 270 g/mol. The summed E-state index contributed by atoms with van der Waals surface area (Å²) in [6.45, 7) is 2.39. The Morgan fingerprint density at radius 2 is 2.19 bits per heavy atom. The molecule has 1 aromatic rings. The molecule has 6 heteroatoms. The molecule has 1 saturated heterocycles.